The fraction of sp³-hybridized carbons (Fsp3) is 0.462. The van der Waals surface area contributed by atoms with Crippen molar-refractivity contribution in [3.63, 3.8) is 0 Å². The van der Waals surface area contributed by atoms with Crippen LogP contribution in [0.5, 0.6) is 5.75 Å². The summed E-state index contributed by atoms with van der Waals surface area (Å²) in [4.78, 5) is 11.7. The van der Waals surface area contributed by atoms with Gasteiger partial charge in [-0.2, -0.15) is 0 Å². The monoisotopic (exact) mass is 222 g/mol. The minimum atomic E-state index is -0.311. The number of carbonyl (C=O) groups is 1. The van der Waals surface area contributed by atoms with Crippen LogP contribution in [0, 0.1) is 0 Å². The second kappa shape index (κ2) is 6.16. The van der Waals surface area contributed by atoms with Crippen molar-refractivity contribution >= 4 is 5.97 Å². The van der Waals surface area contributed by atoms with Gasteiger partial charge in [0.15, 0.2) is 0 Å². The van der Waals surface area contributed by atoms with E-state index in [-0.39, 0.29) is 5.97 Å². The Morgan fingerprint density at radius 3 is 2.62 bits per heavy atom. The lowest BCUT2D eigenvalue weighted by Crippen LogP contribution is -2.08. The van der Waals surface area contributed by atoms with Crippen molar-refractivity contribution < 1.29 is 14.3 Å². The molecule has 0 heterocycles. The minimum absolute atomic E-state index is 0.311. The lowest BCUT2D eigenvalue weighted by molar-refractivity contribution is 0.0501. The summed E-state index contributed by atoms with van der Waals surface area (Å²) < 4.78 is 10.4. The van der Waals surface area contributed by atoms with Gasteiger partial charge in [-0.05, 0) is 24.5 Å². The second-order valence-electron chi connectivity index (χ2n) is 3.49. The van der Waals surface area contributed by atoms with E-state index in [4.69, 9.17) is 9.47 Å². The fourth-order valence-corrected chi connectivity index (χ4v) is 1.54. The van der Waals surface area contributed by atoms with Crippen molar-refractivity contribution in [2.75, 3.05) is 13.7 Å². The van der Waals surface area contributed by atoms with Gasteiger partial charge in [0.05, 0.1) is 13.7 Å². The number of carbonyl (C=O) groups excluding carboxylic acids is 1. The van der Waals surface area contributed by atoms with Crippen molar-refractivity contribution in [1.29, 1.82) is 0 Å². The number of rotatable bonds is 5. The third-order valence-electron chi connectivity index (χ3n) is 2.34. The molecule has 0 aliphatic rings. The minimum Gasteiger partial charge on any atom is -0.496 e. The summed E-state index contributed by atoms with van der Waals surface area (Å²) in [6.45, 7) is 4.43. The van der Waals surface area contributed by atoms with Gasteiger partial charge in [-0.15, -0.1) is 0 Å². The van der Waals surface area contributed by atoms with E-state index in [0.29, 0.717) is 17.9 Å². The van der Waals surface area contributed by atoms with E-state index in [1.54, 1.807) is 13.2 Å². The largest absolute Gasteiger partial charge is 0.496 e. The predicted octanol–water partition coefficient (Wildman–Crippen LogP) is 2.82. The van der Waals surface area contributed by atoms with Crippen LogP contribution in [0.15, 0.2) is 18.2 Å². The van der Waals surface area contributed by atoms with Gasteiger partial charge in [0.1, 0.15) is 11.3 Å². The highest BCUT2D eigenvalue weighted by molar-refractivity contribution is 5.93. The molecule has 0 amide bonds. The maximum absolute atomic E-state index is 11.7. The van der Waals surface area contributed by atoms with Gasteiger partial charge >= 0.3 is 5.97 Å². The number of methoxy groups -OCH3 is 1. The second-order valence-corrected chi connectivity index (χ2v) is 3.49. The molecule has 0 atom stereocenters. The molecule has 0 N–H and O–H groups in total. The van der Waals surface area contributed by atoms with Gasteiger partial charge in [0, 0.05) is 0 Å². The van der Waals surface area contributed by atoms with Crippen LogP contribution in [-0.4, -0.2) is 19.7 Å². The maximum atomic E-state index is 11.7. The molecule has 88 valence electrons. The smallest absolute Gasteiger partial charge is 0.341 e. The molecule has 16 heavy (non-hydrogen) atoms. The molecule has 0 saturated heterocycles. The molecule has 0 spiro atoms. The lowest BCUT2D eigenvalue weighted by Gasteiger charge is -2.11. The summed E-state index contributed by atoms with van der Waals surface area (Å²) in [7, 11) is 1.57. The average molecular weight is 222 g/mol. The Kier molecular flexibility index (Phi) is 4.83. The van der Waals surface area contributed by atoms with Gasteiger partial charge in [0.2, 0.25) is 0 Å². The molecule has 1 aromatic carbocycles. The summed E-state index contributed by atoms with van der Waals surface area (Å²) in [5.41, 5.74) is 1.53. The van der Waals surface area contributed by atoms with Crippen LogP contribution >= 0.6 is 0 Å². The fourth-order valence-electron chi connectivity index (χ4n) is 1.54. The maximum Gasteiger partial charge on any atom is 0.341 e. The molecule has 0 fully saturated rings. The van der Waals surface area contributed by atoms with E-state index >= 15 is 0 Å². The molecule has 0 unspecified atom stereocenters. The predicted molar refractivity (Wildman–Crippen MR) is 62.9 cm³/mol. The number of ether oxygens (including phenoxy) is 2. The van der Waals surface area contributed by atoms with Crippen molar-refractivity contribution in [3.05, 3.63) is 29.3 Å². The third kappa shape index (κ3) is 2.75. The zero-order chi connectivity index (χ0) is 12.0. The summed E-state index contributed by atoms with van der Waals surface area (Å²) in [5.74, 6) is 0.320. The first kappa shape index (κ1) is 12.6. The highest BCUT2D eigenvalue weighted by Crippen LogP contribution is 2.24. The first-order chi connectivity index (χ1) is 7.74. The van der Waals surface area contributed by atoms with Gasteiger partial charge < -0.3 is 9.47 Å². The third-order valence-corrected chi connectivity index (χ3v) is 2.34. The Balaban J connectivity index is 2.98. The summed E-state index contributed by atoms with van der Waals surface area (Å²) in [6.07, 6.45) is 1.65. The molecular weight excluding hydrogens is 204 g/mol. The van der Waals surface area contributed by atoms with Gasteiger partial charge in [-0.1, -0.05) is 26.0 Å². The Morgan fingerprint density at radius 2 is 2.06 bits per heavy atom. The molecule has 0 aliphatic heterocycles. The number of hydrogen-bond acceptors (Lipinski definition) is 3. The van der Waals surface area contributed by atoms with Crippen LogP contribution in [0.1, 0.15) is 36.2 Å². The van der Waals surface area contributed by atoms with Crippen LogP contribution in [0.4, 0.5) is 0 Å². The molecule has 3 nitrogen and oxygen atoms in total. The Hall–Kier alpha value is -1.51. The SMILES string of the molecule is CCCOC(=O)c1cccc(CC)c1OC. The van der Waals surface area contributed by atoms with Crippen molar-refractivity contribution in [2.24, 2.45) is 0 Å². The number of esters is 1. The van der Waals surface area contributed by atoms with Crippen LogP contribution in [-0.2, 0) is 11.2 Å². The number of para-hydroxylation sites is 1. The quantitative estimate of drug-likeness (QED) is 0.719. The molecule has 0 bridgehead atoms. The molecule has 0 radical (unpaired) electrons. The van der Waals surface area contributed by atoms with Crippen molar-refractivity contribution in [2.45, 2.75) is 26.7 Å². The average Bonchev–Trinajstić information content (AvgIpc) is 2.34. The number of hydrogen-bond donors (Lipinski definition) is 0. The summed E-state index contributed by atoms with van der Waals surface area (Å²) in [6, 6.07) is 5.54. The molecule has 0 aromatic heterocycles. The first-order valence-electron chi connectivity index (χ1n) is 5.57. The van der Waals surface area contributed by atoms with Crippen molar-refractivity contribution in [3.8, 4) is 5.75 Å². The first-order valence-corrected chi connectivity index (χ1v) is 5.57. The van der Waals surface area contributed by atoms with Crippen LogP contribution in [0.2, 0.25) is 0 Å². The van der Waals surface area contributed by atoms with E-state index in [1.165, 1.54) is 0 Å². The van der Waals surface area contributed by atoms with Gasteiger partial charge in [-0.3, -0.25) is 0 Å². The van der Waals surface area contributed by atoms with Crippen molar-refractivity contribution in [1.82, 2.24) is 0 Å². The molecule has 3 heteroatoms. The highest BCUT2D eigenvalue weighted by Gasteiger charge is 2.15. The van der Waals surface area contributed by atoms with E-state index in [9.17, 15) is 4.79 Å². The molecule has 1 rings (SSSR count). The van der Waals surface area contributed by atoms with Crippen LogP contribution in [0.3, 0.4) is 0 Å². The van der Waals surface area contributed by atoms with Crippen LogP contribution in [0.25, 0.3) is 0 Å². The van der Waals surface area contributed by atoms with E-state index in [0.717, 1.165) is 18.4 Å². The number of benzene rings is 1. The standard InChI is InChI=1S/C13H18O3/c1-4-9-16-13(14)11-8-6-7-10(5-2)12(11)15-3/h6-8H,4-5,9H2,1-3H3. The zero-order valence-electron chi connectivity index (χ0n) is 10.1. The molecule has 0 saturated carbocycles. The Morgan fingerprint density at radius 1 is 1.31 bits per heavy atom. The summed E-state index contributed by atoms with van der Waals surface area (Å²) in [5, 5.41) is 0. The lowest BCUT2D eigenvalue weighted by atomic mass is 10.1. The van der Waals surface area contributed by atoms with E-state index < -0.39 is 0 Å². The van der Waals surface area contributed by atoms with Gasteiger partial charge in [0.25, 0.3) is 0 Å². The molecule has 0 aliphatic carbocycles. The van der Waals surface area contributed by atoms with Gasteiger partial charge in [-0.25, -0.2) is 4.79 Å². The topological polar surface area (TPSA) is 35.5 Å². The molecule has 1 aromatic rings. The number of aryl methyl sites for hydroxylation is 1. The van der Waals surface area contributed by atoms with Crippen LogP contribution < -0.4 is 4.74 Å². The Labute approximate surface area is 96.4 Å². The van der Waals surface area contributed by atoms with E-state index in [1.807, 2.05) is 26.0 Å². The Bertz CT molecular complexity index is 358. The molecular formula is C13H18O3. The normalized spacial score (nSPS) is 9.94. The highest BCUT2D eigenvalue weighted by atomic mass is 16.5. The zero-order valence-corrected chi connectivity index (χ0v) is 10.1. The van der Waals surface area contributed by atoms with E-state index in [2.05, 4.69) is 0 Å². The summed E-state index contributed by atoms with van der Waals surface area (Å²) >= 11 is 0.